The maximum absolute atomic E-state index is 15.3. The van der Waals surface area contributed by atoms with E-state index in [2.05, 4.69) is 20.2 Å². The number of anilines is 1. The van der Waals surface area contributed by atoms with Gasteiger partial charge in [0.1, 0.15) is 17.7 Å². The standard InChI is InChI=1S/C24H27FN6O4/c1-30(20-8-16-4-6-19(23(20)25)31(16)24(32)33)22-12-26-18(11-27-22)17-5-3-14(15-9-28-29-10-15)7-21(17)35-13-34-2/h3,5,7,9-12,16,19-20,23H,4,6,8,13H2,1-2H3,(H,28,29)(H,32,33)/t16-,19+,20?,23+/m1/s1. The van der Waals surface area contributed by atoms with Crippen molar-refractivity contribution in [3.63, 3.8) is 0 Å². The van der Waals surface area contributed by atoms with Crippen LogP contribution in [-0.2, 0) is 4.74 Å². The normalized spacial score (nSPS) is 23.3. The summed E-state index contributed by atoms with van der Waals surface area (Å²) >= 11 is 0. The maximum atomic E-state index is 15.3. The molecule has 4 heterocycles. The van der Waals surface area contributed by atoms with Crippen LogP contribution >= 0.6 is 0 Å². The molecule has 0 spiro atoms. The number of nitrogens with one attached hydrogen (secondary N) is 1. The molecule has 2 aliphatic rings. The first-order valence-corrected chi connectivity index (χ1v) is 11.4. The first-order valence-electron chi connectivity index (χ1n) is 11.4. The van der Waals surface area contributed by atoms with Gasteiger partial charge in [-0.15, -0.1) is 0 Å². The van der Waals surface area contributed by atoms with Crippen molar-refractivity contribution in [1.82, 2.24) is 25.1 Å². The third-order valence-electron chi connectivity index (χ3n) is 6.93. The Labute approximate surface area is 201 Å². The molecule has 2 aliphatic heterocycles. The Morgan fingerprint density at radius 1 is 1.26 bits per heavy atom. The average Bonchev–Trinajstić information content (AvgIpc) is 3.53. The summed E-state index contributed by atoms with van der Waals surface area (Å²) in [7, 11) is 3.33. The zero-order chi connectivity index (χ0) is 24.5. The van der Waals surface area contributed by atoms with E-state index in [1.54, 1.807) is 43.8 Å². The molecule has 1 amide bonds. The molecule has 184 valence electrons. The number of fused-ring (bicyclic) bond motifs is 2. The second-order valence-corrected chi connectivity index (χ2v) is 8.86. The van der Waals surface area contributed by atoms with Crippen molar-refractivity contribution in [2.45, 2.75) is 43.6 Å². The van der Waals surface area contributed by atoms with Crippen molar-refractivity contribution in [2.24, 2.45) is 0 Å². The SMILES string of the molecule is COCOc1cc(-c2cn[nH]c2)ccc1-c1cnc(N(C)C2C[C@H]3CC[C@@H]([C@@H]2F)N3C(=O)O)cn1. The molecular weight excluding hydrogens is 455 g/mol. The van der Waals surface area contributed by atoms with Crippen LogP contribution in [0.1, 0.15) is 19.3 Å². The monoisotopic (exact) mass is 482 g/mol. The number of benzene rings is 1. The van der Waals surface area contributed by atoms with E-state index in [1.165, 1.54) is 4.90 Å². The van der Waals surface area contributed by atoms with Crippen LogP contribution in [0, 0.1) is 0 Å². The van der Waals surface area contributed by atoms with Crippen LogP contribution in [0.25, 0.3) is 22.4 Å². The highest BCUT2D eigenvalue weighted by atomic mass is 19.1. The van der Waals surface area contributed by atoms with Crippen LogP contribution < -0.4 is 9.64 Å². The number of rotatable bonds is 7. The fraction of sp³-hybridized carbons (Fsp3) is 0.417. The second-order valence-electron chi connectivity index (χ2n) is 8.86. The van der Waals surface area contributed by atoms with E-state index >= 15 is 4.39 Å². The number of hydrogen-bond acceptors (Lipinski definition) is 7. The fourth-order valence-electron chi connectivity index (χ4n) is 5.17. The smallest absolute Gasteiger partial charge is 0.407 e. The van der Waals surface area contributed by atoms with E-state index in [0.29, 0.717) is 36.5 Å². The summed E-state index contributed by atoms with van der Waals surface area (Å²) in [6, 6.07) is 4.50. The van der Waals surface area contributed by atoms with Gasteiger partial charge in [0.15, 0.2) is 6.79 Å². The largest absolute Gasteiger partial charge is 0.467 e. The number of ether oxygens (including phenoxy) is 2. The molecule has 2 saturated heterocycles. The van der Waals surface area contributed by atoms with Crippen molar-refractivity contribution < 1.29 is 23.8 Å². The highest BCUT2D eigenvalue weighted by molar-refractivity contribution is 5.74. The van der Waals surface area contributed by atoms with Gasteiger partial charge in [0.05, 0.1) is 36.4 Å². The van der Waals surface area contributed by atoms with E-state index in [4.69, 9.17) is 9.47 Å². The van der Waals surface area contributed by atoms with Crippen LogP contribution in [0.3, 0.4) is 0 Å². The van der Waals surface area contributed by atoms with Gasteiger partial charge in [0.25, 0.3) is 0 Å². The van der Waals surface area contributed by atoms with Crippen LogP contribution in [0.4, 0.5) is 15.0 Å². The lowest BCUT2D eigenvalue weighted by atomic mass is 9.94. The highest BCUT2D eigenvalue weighted by Gasteiger charge is 2.51. The molecule has 1 unspecified atom stereocenters. The van der Waals surface area contributed by atoms with E-state index in [1.807, 2.05) is 18.2 Å². The number of methoxy groups -OCH3 is 1. The molecule has 2 fully saturated rings. The molecule has 5 rings (SSSR count). The van der Waals surface area contributed by atoms with Crippen LogP contribution in [0.15, 0.2) is 43.0 Å². The van der Waals surface area contributed by atoms with Crippen LogP contribution in [0.2, 0.25) is 0 Å². The summed E-state index contributed by atoms with van der Waals surface area (Å²) in [6.07, 6.45) is 6.09. The quantitative estimate of drug-likeness (QED) is 0.491. The number of halogens is 1. The summed E-state index contributed by atoms with van der Waals surface area (Å²) in [5, 5.41) is 16.3. The molecule has 10 nitrogen and oxygen atoms in total. The Morgan fingerprint density at radius 3 is 2.80 bits per heavy atom. The average molecular weight is 483 g/mol. The van der Waals surface area contributed by atoms with E-state index in [9.17, 15) is 9.90 Å². The number of carbonyl (C=O) groups is 1. The molecule has 0 radical (unpaired) electrons. The molecule has 4 atom stereocenters. The third-order valence-corrected chi connectivity index (χ3v) is 6.93. The van der Waals surface area contributed by atoms with E-state index in [0.717, 1.165) is 16.7 Å². The number of aromatic amines is 1. The Bertz CT molecular complexity index is 1180. The van der Waals surface area contributed by atoms with Crippen molar-refractivity contribution in [3.8, 4) is 28.1 Å². The van der Waals surface area contributed by atoms with Gasteiger partial charge in [-0.05, 0) is 37.0 Å². The summed E-state index contributed by atoms with van der Waals surface area (Å²) in [5.74, 6) is 1.11. The number of carboxylic acid groups (broad SMARTS) is 1. The predicted molar refractivity (Wildman–Crippen MR) is 126 cm³/mol. The van der Waals surface area contributed by atoms with Gasteiger partial charge in [0, 0.05) is 37.5 Å². The summed E-state index contributed by atoms with van der Waals surface area (Å²) in [5.41, 5.74) is 3.19. The van der Waals surface area contributed by atoms with Gasteiger partial charge in [-0.25, -0.2) is 14.2 Å². The van der Waals surface area contributed by atoms with Gasteiger partial charge in [-0.2, -0.15) is 5.10 Å². The number of H-pyrrole nitrogens is 1. The molecule has 2 aromatic heterocycles. The zero-order valence-corrected chi connectivity index (χ0v) is 19.5. The first-order chi connectivity index (χ1) is 17.0. The molecule has 1 aromatic carbocycles. The number of piperidine rings is 1. The molecule has 0 aliphatic carbocycles. The third kappa shape index (κ3) is 4.27. The van der Waals surface area contributed by atoms with Crippen molar-refractivity contribution in [1.29, 1.82) is 0 Å². The van der Waals surface area contributed by atoms with Crippen LogP contribution in [-0.4, -0.2) is 81.5 Å². The van der Waals surface area contributed by atoms with Crippen molar-refractivity contribution in [2.75, 3.05) is 25.9 Å². The Balaban J connectivity index is 1.37. The number of amides is 1. The predicted octanol–water partition coefficient (Wildman–Crippen LogP) is 3.57. The van der Waals surface area contributed by atoms with E-state index < -0.39 is 24.3 Å². The van der Waals surface area contributed by atoms with Crippen LogP contribution in [0.5, 0.6) is 5.75 Å². The van der Waals surface area contributed by atoms with Crippen molar-refractivity contribution in [3.05, 3.63) is 43.0 Å². The van der Waals surface area contributed by atoms with Gasteiger partial charge < -0.3 is 19.5 Å². The second kappa shape index (κ2) is 9.49. The number of alkyl halides is 1. The summed E-state index contributed by atoms with van der Waals surface area (Å²) in [4.78, 5) is 23.8. The molecule has 35 heavy (non-hydrogen) atoms. The molecule has 2 N–H and O–H groups in total. The minimum atomic E-state index is -1.29. The van der Waals surface area contributed by atoms with Gasteiger partial charge >= 0.3 is 6.09 Å². The number of hydrogen-bond donors (Lipinski definition) is 2. The van der Waals surface area contributed by atoms with Gasteiger partial charge in [-0.3, -0.25) is 15.0 Å². The highest BCUT2D eigenvalue weighted by Crippen LogP contribution is 2.40. The lowest BCUT2D eigenvalue weighted by Crippen LogP contribution is -2.58. The number of aromatic nitrogens is 4. The lowest BCUT2D eigenvalue weighted by Gasteiger charge is -2.43. The molecular formula is C24H27FN6O4. The maximum Gasteiger partial charge on any atom is 0.407 e. The van der Waals surface area contributed by atoms with E-state index in [-0.39, 0.29) is 12.8 Å². The molecule has 3 aromatic rings. The Kier molecular flexibility index (Phi) is 6.25. The topological polar surface area (TPSA) is 117 Å². The summed E-state index contributed by atoms with van der Waals surface area (Å²) in [6.45, 7) is 0.0748. The fourth-order valence-corrected chi connectivity index (χ4v) is 5.17. The first kappa shape index (κ1) is 23.0. The summed E-state index contributed by atoms with van der Waals surface area (Å²) < 4.78 is 26.2. The molecule has 2 bridgehead atoms. The molecule has 11 heteroatoms. The van der Waals surface area contributed by atoms with Crippen molar-refractivity contribution >= 4 is 11.9 Å². The minimum Gasteiger partial charge on any atom is -0.467 e. The zero-order valence-electron chi connectivity index (χ0n) is 19.5. The molecule has 0 saturated carbocycles. The van der Waals surface area contributed by atoms with Gasteiger partial charge in [0.2, 0.25) is 0 Å². The van der Waals surface area contributed by atoms with Gasteiger partial charge in [-0.1, -0.05) is 6.07 Å². The Hall–Kier alpha value is -3.73. The minimum absolute atomic E-state index is 0.0748. The number of nitrogens with zero attached hydrogens (tertiary/aromatic N) is 5. The Morgan fingerprint density at radius 2 is 2.11 bits per heavy atom. The lowest BCUT2D eigenvalue weighted by molar-refractivity contribution is 0.0489.